The number of carbonyl (C=O) groups excluding carboxylic acids is 1. The maximum Gasteiger partial charge on any atom is 0.244 e. The molecule has 1 fully saturated rings. The minimum absolute atomic E-state index is 0.0849. The summed E-state index contributed by atoms with van der Waals surface area (Å²) in [4.78, 5) is 18.9. The maximum atomic E-state index is 13.0. The number of rotatable bonds is 7. The number of methoxy groups -OCH3 is 1. The molecule has 156 valence electrons. The molecule has 1 aromatic carbocycles. The highest BCUT2D eigenvalue weighted by Crippen LogP contribution is 2.25. The maximum absolute atomic E-state index is 13.0. The van der Waals surface area contributed by atoms with Crippen LogP contribution in [0.4, 0.5) is 0 Å². The van der Waals surface area contributed by atoms with Crippen molar-refractivity contribution in [3.63, 3.8) is 0 Å². The fourth-order valence-electron chi connectivity index (χ4n) is 3.55. The van der Waals surface area contributed by atoms with Crippen molar-refractivity contribution in [3.8, 4) is 5.75 Å². The Morgan fingerprint density at radius 3 is 2.45 bits per heavy atom. The number of amides is 1. The molecule has 0 N–H and O–H groups in total. The van der Waals surface area contributed by atoms with Gasteiger partial charge >= 0.3 is 0 Å². The van der Waals surface area contributed by atoms with Crippen LogP contribution in [0.25, 0.3) is 0 Å². The third-order valence-electron chi connectivity index (χ3n) is 5.30. The van der Waals surface area contributed by atoms with Crippen LogP contribution in [-0.2, 0) is 21.4 Å². The monoisotopic (exact) mass is 417 g/mol. The summed E-state index contributed by atoms with van der Waals surface area (Å²) in [5.74, 6) is 0.709. The van der Waals surface area contributed by atoms with Gasteiger partial charge in [-0.25, -0.2) is 8.42 Å². The van der Waals surface area contributed by atoms with E-state index >= 15 is 0 Å². The molecule has 29 heavy (non-hydrogen) atoms. The van der Waals surface area contributed by atoms with Crippen LogP contribution in [0.2, 0.25) is 0 Å². The van der Waals surface area contributed by atoms with E-state index in [-0.39, 0.29) is 16.7 Å². The molecule has 8 heteroatoms. The highest BCUT2D eigenvalue weighted by molar-refractivity contribution is 7.89. The van der Waals surface area contributed by atoms with E-state index in [1.807, 2.05) is 36.1 Å². The Balaban J connectivity index is 1.60. The molecular weight excluding hydrogens is 390 g/mol. The first-order valence-electron chi connectivity index (χ1n) is 9.77. The van der Waals surface area contributed by atoms with Crippen molar-refractivity contribution < 1.29 is 17.9 Å². The molecule has 1 aliphatic rings. The summed E-state index contributed by atoms with van der Waals surface area (Å²) in [5.41, 5.74) is 1.04. The Morgan fingerprint density at radius 1 is 1.21 bits per heavy atom. The zero-order valence-corrected chi connectivity index (χ0v) is 17.6. The van der Waals surface area contributed by atoms with Gasteiger partial charge in [0.15, 0.2) is 0 Å². The molecule has 2 heterocycles. The molecule has 0 aliphatic carbocycles. The number of nitrogens with zero attached hydrogens (tertiary/aromatic N) is 3. The van der Waals surface area contributed by atoms with E-state index in [0.29, 0.717) is 39.0 Å². The van der Waals surface area contributed by atoms with Gasteiger partial charge in [0.2, 0.25) is 15.9 Å². The van der Waals surface area contributed by atoms with Gasteiger partial charge in [-0.05, 0) is 49.6 Å². The molecule has 3 rings (SSSR count). The van der Waals surface area contributed by atoms with Crippen LogP contribution in [0.5, 0.6) is 5.75 Å². The lowest BCUT2D eigenvalue weighted by Gasteiger charge is -2.33. The molecule has 1 amide bonds. The first kappa shape index (κ1) is 21.3. The molecule has 0 unspecified atom stereocenters. The average molecular weight is 418 g/mol. The first-order chi connectivity index (χ1) is 14.0. The van der Waals surface area contributed by atoms with E-state index in [1.165, 1.54) is 10.5 Å². The molecule has 0 saturated carbocycles. The van der Waals surface area contributed by atoms with Crippen LogP contribution in [0.3, 0.4) is 0 Å². The Kier molecular flexibility index (Phi) is 6.87. The Morgan fingerprint density at radius 2 is 1.90 bits per heavy atom. The number of piperidine rings is 1. The summed E-state index contributed by atoms with van der Waals surface area (Å²) in [5, 5.41) is 0. The van der Waals surface area contributed by atoms with E-state index in [1.54, 1.807) is 25.4 Å². The average Bonchev–Trinajstić information content (AvgIpc) is 2.78. The van der Waals surface area contributed by atoms with Gasteiger partial charge < -0.3 is 9.64 Å². The Bertz CT molecular complexity index is 909. The zero-order valence-electron chi connectivity index (χ0n) is 16.8. The minimum Gasteiger partial charge on any atom is -0.497 e. The van der Waals surface area contributed by atoms with Crippen LogP contribution < -0.4 is 4.74 Å². The number of carbonyl (C=O) groups is 1. The lowest BCUT2D eigenvalue weighted by molar-refractivity contribution is -0.137. The lowest BCUT2D eigenvalue weighted by Crippen LogP contribution is -2.44. The van der Waals surface area contributed by atoms with E-state index in [0.717, 1.165) is 11.3 Å². The Hall–Kier alpha value is -2.45. The highest BCUT2D eigenvalue weighted by Gasteiger charge is 2.33. The molecule has 2 aromatic rings. The fourth-order valence-corrected chi connectivity index (χ4v) is 4.98. The third-order valence-corrected chi connectivity index (χ3v) is 7.18. The smallest absolute Gasteiger partial charge is 0.244 e. The second-order valence-electron chi connectivity index (χ2n) is 7.07. The zero-order chi connectivity index (χ0) is 20.9. The van der Waals surface area contributed by atoms with E-state index < -0.39 is 10.0 Å². The van der Waals surface area contributed by atoms with Crippen LogP contribution >= 0.6 is 0 Å². The van der Waals surface area contributed by atoms with Gasteiger partial charge in [-0.3, -0.25) is 9.78 Å². The van der Waals surface area contributed by atoms with E-state index in [9.17, 15) is 13.2 Å². The molecular formula is C21H27N3O4S. The summed E-state index contributed by atoms with van der Waals surface area (Å²) >= 11 is 0. The minimum atomic E-state index is -3.56. The summed E-state index contributed by atoms with van der Waals surface area (Å²) < 4.78 is 32.1. The fraction of sp³-hybridized carbons (Fsp3) is 0.429. The predicted molar refractivity (Wildman–Crippen MR) is 110 cm³/mol. The number of hydrogen-bond donors (Lipinski definition) is 0. The van der Waals surface area contributed by atoms with Gasteiger partial charge in [-0.2, -0.15) is 4.31 Å². The molecule has 1 saturated heterocycles. The van der Waals surface area contributed by atoms with Crippen LogP contribution in [0, 0.1) is 5.92 Å². The quantitative estimate of drug-likeness (QED) is 0.692. The Labute approximate surface area is 172 Å². The van der Waals surface area contributed by atoms with E-state index in [4.69, 9.17) is 4.74 Å². The second kappa shape index (κ2) is 9.37. The molecule has 1 aliphatic heterocycles. The largest absolute Gasteiger partial charge is 0.497 e. The summed E-state index contributed by atoms with van der Waals surface area (Å²) in [6.45, 7) is 3.79. The van der Waals surface area contributed by atoms with E-state index in [2.05, 4.69) is 4.98 Å². The molecule has 0 bridgehead atoms. The summed E-state index contributed by atoms with van der Waals surface area (Å²) in [7, 11) is -1.94. The number of aromatic nitrogens is 1. The lowest BCUT2D eigenvalue weighted by atomic mass is 9.96. The second-order valence-corrected chi connectivity index (χ2v) is 9.01. The normalized spacial score (nSPS) is 15.8. The molecule has 1 aromatic heterocycles. The van der Waals surface area contributed by atoms with Gasteiger partial charge in [0, 0.05) is 44.5 Å². The number of sulfonamides is 1. The summed E-state index contributed by atoms with van der Waals surface area (Å²) in [6, 6.07) is 10.8. The van der Waals surface area contributed by atoms with Crippen LogP contribution in [-0.4, -0.2) is 55.3 Å². The predicted octanol–water partition coefficient (Wildman–Crippen LogP) is 2.54. The number of hydrogen-bond acceptors (Lipinski definition) is 5. The first-order valence-corrected chi connectivity index (χ1v) is 11.2. The van der Waals surface area contributed by atoms with Crippen molar-refractivity contribution in [2.45, 2.75) is 31.2 Å². The standard InChI is InChI=1S/C21H27N3O4S/c1-3-23(16-17-6-8-19(28-2)9-7-17)21(25)18-10-13-24(14-11-18)29(26,27)20-5-4-12-22-15-20/h4-9,12,15,18H,3,10-11,13-14,16H2,1-2H3. The third kappa shape index (κ3) is 4.94. The van der Waals surface area contributed by atoms with Crippen molar-refractivity contribution in [1.82, 2.24) is 14.2 Å². The van der Waals surface area contributed by atoms with Gasteiger partial charge in [-0.15, -0.1) is 0 Å². The van der Waals surface area contributed by atoms with Crippen molar-refractivity contribution in [2.75, 3.05) is 26.7 Å². The van der Waals surface area contributed by atoms with Crippen molar-refractivity contribution in [1.29, 1.82) is 0 Å². The highest BCUT2D eigenvalue weighted by atomic mass is 32.2. The molecule has 0 spiro atoms. The van der Waals surface area contributed by atoms with Gasteiger partial charge in [-0.1, -0.05) is 12.1 Å². The SMILES string of the molecule is CCN(Cc1ccc(OC)cc1)C(=O)C1CCN(S(=O)(=O)c2cccnc2)CC1. The van der Waals surface area contributed by atoms with Crippen molar-refractivity contribution in [2.24, 2.45) is 5.92 Å². The van der Waals surface area contributed by atoms with Crippen molar-refractivity contribution in [3.05, 3.63) is 54.4 Å². The van der Waals surface area contributed by atoms with Gasteiger partial charge in [0.05, 0.1) is 7.11 Å². The van der Waals surface area contributed by atoms with Crippen molar-refractivity contribution >= 4 is 15.9 Å². The molecule has 0 atom stereocenters. The molecule has 7 nitrogen and oxygen atoms in total. The summed E-state index contributed by atoms with van der Waals surface area (Å²) in [6.07, 6.45) is 3.96. The van der Waals surface area contributed by atoms with Gasteiger partial charge in [0.25, 0.3) is 0 Å². The van der Waals surface area contributed by atoms with Crippen LogP contribution in [0.1, 0.15) is 25.3 Å². The van der Waals surface area contributed by atoms with Gasteiger partial charge in [0.1, 0.15) is 10.6 Å². The number of pyridine rings is 1. The number of ether oxygens (including phenoxy) is 1. The topological polar surface area (TPSA) is 79.8 Å². The number of benzene rings is 1. The molecule has 0 radical (unpaired) electrons. The van der Waals surface area contributed by atoms with Crippen LogP contribution in [0.15, 0.2) is 53.7 Å².